The Kier molecular flexibility index (Phi) is 5.23. The number of nitrogens with one attached hydrogen (secondary N) is 1. The summed E-state index contributed by atoms with van der Waals surface area (Å²) in [5.74, 6) is -0.635. The summed E-state index contributed by atoms with van der Waals surface area (Å²) in [4.78, 5) is 13.5. The van der Waals surface area contributed by atoms with Crippen LogP contribution in [0.3, 0.4) is 0 Å². The van der Waals surface area contributed by atoms with Crippen LogP contribution >= 0.6 is 12.2 Å². The van der Waals surface area contributed by atoms with Gasteiger partial charge in [-0.2, -0.15) is 0 Å². The second-order valence-electron chi connectivity index (χ2n) is 4.42. The first-order chi connectivity index (χ1) is 8.86. The van der Waals surface area contributed by atoms with Gasteiger partial charge >= 0.3 is 0 Å². The van der Waals surface area contributed by atoms with Gasteiger partial charge in [0.1, 0.15) is 10.8 Å². The van der Waals surface area contributed by atoms with E-state index in [4.69, 9.17) is 18.0 Å². The molecule has 1 amide bonds. The Balaban J connectivity index is 2.96. The fourth-order valence-corrected chi connectivity index (χ4v) is 2.04. The number of carbonyl (C=O) groups is 1. The van der Waals surface area contributed by atoms with Crippen molar-refractivity contribution in [3.05, 3.63) is 29.6 Å². The zero-order chi connectivity index (χ0) is 14.6. The van der Waals surface area contributed by atoms with Gasteiger partial charge in [0.2, 0.25) is 5.91 Å². The van der Waals surface area contributed by atoms with Gasteiger partial charge in [0.05, 0.1) is 5.92 Å². The first-order valence-corrected chi connectivity index (χ1v) is 6.29. The normalized spacial score (nSPS) is 11.8. The monoisotopic (exact) mass is 283 g/mol. The van der Waals surface area contributed by atoms with E-state index in [0.717, 1.165) is 0 Å². The van der Waals surface area contributed by atoms with Crippen LogP contribution in [-0.4, -0.2) is 31.5 Å². The molecule has 104 valence electrons. The molecule has 1 aromatic rings. The van der Waals surface area contributed by atoms with Crippen LogP contribution in [0.5, 0.6) is 0 Å². The lowest BCUT2D eigenvalue weighted by Crippen LogP contribution is -2.35. The number of thiocarbonyl (C=S) groups is 1. The molecule has 1 aromatic carbocycles. The van der Waals surface area contributed by atoms with Gasteiger partial charge in [-0.1, -0.05) is 19.1 Å². The quantitative estimate of drug-likeness (QED) is 0.799. The summed E-state index contributed by atoms with van der Waals surface area (Å²) in [5, 5.41) is 2.59. The average Bonchev–Trinajstić information content (AvgIpc) is 2.37. The van der Waals surface area contributed by atoms with Crippen LogP contribution in [-0.2, 0) is 4.79 Å². The number of anilines is 1. The SMILES string of the molecule is CNC(=O)C(C)CN(C)c1ccc(F)cc1C(N)=S. The van der Waals surface area contributed by atoms with Gasteiger partial charge in [0.15, 0.2) is 0 Å². The summed E-state index contributed by atoms with van der Waals surface area (Å²) in [5.41, 5.74) is 6.78. The van der Waals surface area contributed by atoms with Crippen LogP contribution in [0.1, 0.15) is 12.5 Å². The van der Waals surface area contributed by atoms with Crippen LogP contribution in [0.2, 0.25) is 0 Å². The first kappa shape index (κ1) is 15.4. The predicted molar refractivity (Wildman–Crippen MR) is 78.8 cm³/mol. The molecule has 1 atom stereocenters. The topological polar surface area (TPSA) is 58.4 Å². The molecule has 0 aromatic heterocycles. The zero-order valence-corrected chi connectivity index (χ0v) is 12.1. The Morgan fingerprint density at radius 3 is 2.74 bits per heavy atom. The Bertz CT molecular complexity index is 493. The molecule has 0 bridgehead atoms. The van der Waals surface area contributed by atoms with E-state index in [-0.39, 0.29) is 22.6 Å². The highest BCUT2D eigenvalue weighted by Gasteiger charge is 2.17. The maximum atomic E-state index is 13.2. The smallest absolute Gasteiger partial charge is 0.224 e. The lowest BCUT2D eigenvalue weighted by Gasteiger charge is -2.24. The molecule has 6 heteroatoms. The van der Waals surface area contributed by atoms with Gasteiger partial charge in [0, 0.05) is 31.9 Å². The molecule has 1 unspecified atom stereocenters. The van der Waals surface area contributed by atoms with Gasteiger partial charge in [-0.05, 0) is 18.2 Å². The molecule has 4 nitrogen and oxygen atoms in total. The number of rotatable bonds is 5. The molecule has 0 saturated carbocycles. The summed E-state index contributed by atoms with van der Waals surface area (Å²) < 4.78 is 13.2. The number of carbonyl (C=O) groups excluding carboxylic acids is 1. The van der Waals surface area contributed by atoms with E-state index in [0.29, 0.717) is 17.8 Å². The van der Waals surface area contributed by atoms with E-state index in [1.54, 1.807) is 13.1 Å². The predicted octanol–water partition coefficient (Wildman–Crippen LogP) is 1.28. The molecule has 0 saturated heterocycles. The third-order valence-electron chi connectivity index (χ3n) is 2.88. The van der Waals surface area contributed by atoms with Gasteiger partial charge < -0.3 is 16.0 Å². The summed E-state index contributed by atoms with van der Waals surface area (Å²) in [6, 6.07) is 4.26. The summed E-state index contributed by atoms with van der Waals surface area (Å²) in [6.45, 7) is 2.31. The van der Waals surface area contributed by atoms with E-state index < -0.39 is 0 Å². The summed E-state index contributed by atoms with van der Waals surface area (Å²) >= 11 is 4.92. The van der Waals surface area contributed by atoms with Crippen LogP contribution in [0.25, 0.3) is 0 Å². The molecule has 1 rings (SSSR count). The third-order valence-corrected chi connectivity index (χ3v) is 3.10. The minimum Gasteiger partial charge on any atom is -0.389 e. The van der Waals surface area contributed by atoms with E-state index in [1.807, 2.05) is 18.9 Å². The second-order valence-corrected chi connectivity index (χ2v) is 4.86. The number of benzene rings is 1. The minimum atomic E-state index is -0.390. The van der Waals surface area contributed by atoms with E-state index in [2.05, 4.69) is 5.32 Å². The number of halogens is 1. The molecular weight excluding hydrogens is 265 g/mol. The maximum absolute atomic E-state index is 13.2. The highest BCUT2D eigenvalue weighted by molar-refractivity contribution is 7.80. The van der Waals surface area contributed by atoms with E-state index in [9.17, 15) is 9.18 Å². The standard InChI is InChI=1S/C13H18FN3OS/c1-8(13(18)16-2)7-17(3)11-5-4-9(14)6-10(11)12(15)19/h4-6,8H,7H2,1-3H3,(H2,15,19)(H,16,18). The average molecular weight is 283 g/mol. The van der Waals surface area contributed by atoms with Gasteiger partial charge in [-0.15, -0.1) is 0 Å². The Morgan fingerprint density at radius 1 is 1.58 bits per heavy atom. The van der Waals surface area contributed by atoms with E-state index in [1.165, 1.54) is 12.1 Å². The number of hydrogen-bond donors (Lipinski definition) is 2. The third kappa shape index (κ3) is 3.89. The molecule has 0 spiro atoms. The van der Waals surface area contributed by atoms with E-state index >= 15 is 0 Å². The molecule has 0 heterocycles. The van der Waals surface area contributed by atoms with Crippen molar-refractivity contribution in [2.45, 2.75) is 6.92 Å². The van der Waals surface area contributed by atoms with Crippen LogP contribution < -0.4 is 16.0 Å². The first-order valence-electron chi connectivity index (χ1n) is 5.89. The van der Waals surface area contributed by atoms with Crippen LogP contribution in [0.4, 0.5) is 10.1 Å². The lowest BCUT2D eigenvalue weighted by molar-refractivity contribution is -0.123. The van der Waals surface area contributed by atoms with Crippen LogP contribution in [0, 0.1) is 11.7 Å². The molecule has 0 fully saturated rings. The Morgan fingerprint density at radius 2 is 2.21 bits per heavy atom. The number of hydrogen-bond acceptors (Lipinski definition) is 3. The molecule has 0 aliphatic rings. The highest BCUT2D eigenvalue weighted by Crippen LogP contribution is 2.21. The van der Waals surface area contributed by atoms with Gasteiger partial charge in [-0.25, -0.2) is 4.39 Å². The fraction of sp³-hybridized carbons (Fsp3) is 0.385. The van der Waals surface area contributed by atoms with Crippen molar-refractivity contribution in [3.8, 4) is 0 Å². The van der Waals surface area contributed by atoms with Crippen molar-refractivity contribution in [3.63, 3.8) is 0 Å². The summed E-state index contributed by atoms with van der Waals surface area (Å²) in [7, 11) is 3.41. The van der Waals surface area contributed by atoms with Crippen molar-refractivity contribution >= 4 is 28.8 Å². The number of amides is 1. The fourth-order valence-electron chi connectivity index (χ4n) is 1.88. The number of nitrogens with zero attached hydrogens (tertiary/aromatic N) is 1. The molecule has 19 heavy (non-hydrogen) atoms. The zero-order valence-electron chi connectivity index (χ0n) is 11.2. The van der Waals surface area contributed by atoms with Gasteiger partial charge in [0.25, 0.3) is 0 Å². The molecular formula is C13H18FN3OS. The Labute approximate surface area is 117 Å². The maximum Gasteiger partial charge on any atom is 0.224 e. The molecule has 0 radical (unpaired) electrons. The van der Waals surface area contributed by atoms with Crippen molar-refractivity contribution in [2.75, 3.05) is 25.5 Å². The lowest BCUT2D eigenvalue weighted by atomic mass is 10.1. The Hall–Kier alpha value is -1.69. The van der Waals surface area contributed by atoms with Gasteiger partial charge in [-0.3, -0.25) is 4.79 Å². The van der Waals surface area contributed by atoms with Crippen molar-refractivity contribution in [1.82, 2.24) is 5.32 Å². The molecule has 0 aliphatic carbocycles. The van der Waals surface area contributed by atoms with Crippen molar-refractivity contribution in [1.29, 1.82) is 0 Å². The second kappa shape index (κ2) is 6.47. The van der Waals surface area contributed by atoms with Crippen LogP contribution in [0.15, 0.2) is 18.2 Å². The minimum absolute atomic E-state index is 0.0502. The summed E-state index contributed by atoms with van der Waals surface area (Å²) in [6.07, 6.45) is 0. The number of nitrogens with two attached hydrogens (primary N) is 1. The molecule has 0 aliphatic heterocycles. The molecule has 3 N–H and O–H groups in total. The largest absolute Gasteiger partial charge is 0.389 e. The van der Waals surface area contributed by atoms with Crippen molar-refractivity contribution in [2.24, 2.45) is 11.7 Å². The highest BCUT2D eigenvalue weighted by atomic mass is 32.1. The van der Waals surface area contributed by atoms with Crippen molar-refractivity contribution < 1.29 is 9.18 Å².